The summed E-state index contributed by atoms with van der Waals surface area (Å²) in [5.41, 5.74) is 2.76. The van der Waals surface area contributed by atoms with Crippen molar-refractivity contribution < 1.29 is 9.53 Å². The van der Waals surface area contributed by atoms with Gasteiger partial charge < -0.3 is 9.64 Å². The minimum Gasteiger partial charge on any atom is -0.368 e. The third-order valence-electron chi connectivity index (χ3n) is 5.58. The maximum atomic E-state index is 13.0. The third-order valence-corrected chi connectivity index (χ3v) is 5.58. The fourth-order valence-corrected chi connectivity index (χ4v) is 4.10. The summed E-state index contributed by atoms with van der Waals surface area (Å²) >= 11 is 0. The van der Waals surface area contributed by atoms with Gasteiger partial charge in [-0.25, -0.2) is 0 Å². The Morgan fingerprint density at radius 3 is 2.81 bits per heavy atom. The number of hydrogen-bond acceptors (Lipinski definition) is 2. The van der Waals surface area contributed by atoms with Gasteiger partial charge in [-0.2, -0.15) is 0 Å². The number of fused-ring (bicyclic) bond motifs is 2. The number of carbonyl (C=O) groups is 1. The van der Waals surface area contributed by atoms with E-state index in [1.165, 1.54) is 18.4 Å². The molecule has 0 N–H and O–H groups in total. The summed E-state index contributed by atoms with van der Waals surface area (Å²) in [6.07, 6.45) is 3.20. The minimum absolute atomic E-state index is 0.183. The lowest BCUT2D eigenvalue weighted by Crippen LogP contribution is -2.43. The Bertz CT molecular complexity index is 576. The molecule has 1 aromatic carbocycles. The molecule has 2 heterocycles. The van der Waals surface area contributed by atoms with E-state index in [4.69, 9.17) is 4.74 Å². The first-order valence-corrected chi connectivity index (χ1v) is 8.15. The molecule has 1 aromatic rings. The van der Waals surface area contributed by atoms with Crippen molar-refractivity contribution in [3.8, 4) is 0 Å². The second-order valence-electron chi connectivity index (χ2n) is 7.21. The first kappa shape index (κ1) is 13.3. The average Bonchev–Trinajstić information content (AvgIpc) is 2.97. The van der Waals surface area contributed by atoms with Gasteiger partial charge in [-0.3, -0.25) is 4.79 Å². The number of anilines is 1. The van der Waals surface area contributed by atoms with Crippen molar-refractivity contribution in [2.45, 2.75) is 44.6 Å². The molecule has 3 aliphatic rings. The summed E-state index contributed by atoms with van der Waals surface area (Å²) in [6, 6.07) is 8.43. The van der Waals surface area contributed by atoms with Crippen LogP contribution in [-0.2, 0) is 14.9 Å². The van der Waals surface area contributed by atoms with Crippen molar-refractivity contribution in [2.75, 3.05) is 18.1 Å². The van der Waals surface area contributed by atoms with Crippen LogP contribution in [0.2, 0.25) is 0 Å². The van der Waals surface area contributed by atoms with Gasteiger partial charge in [0.15, 0.2) is 0 Å². The molecule has 0 radical (unpaired) electrons. The summed E-state index contributed by atoms with van der Waals surface area (Å²) in [5.74, 6) is 1.04. The number of para-hydroxylation sites is 1. The number of amides is 1. The molecule has 3 heteroatoms. The summed E-state index contributed by atoms with van der Waals surface area (Å²) in [7, 11) is 0. The van der Waals surface area contributed by atoms with Crippen LogP contribution < -0.4 is 4.90 Å². The maximum absolute atomic E-state index is 13.0. The molecule has 2 aliphatic heterocycles. The summed E-state index contributed by atoms with van der Waals surface area (Å²) < 4.78 is 5.81. The van der Waals surface area contributed by atoms with Crippen LogP contribution in [0.1, 0.15) is 38.7 Å². The number of nitrogens with zero attached hydrogens (tertiary/aromatic N) is 1. The molecular weight excluding hydrogens is 262 g/mol. The fourth-order valence-electron chi connectivity index (χ4n) is 4.10. The minimum atomic E-state index is -0.244. The maximum Gasteiger partial charge on any atom is 0.256 e. The summed E-state index contributed by atoms with van der Waals surface area (Å²) in [4.78, 5) is 15.0. The van der Waals surface area contributed by atoms with Crippen molar-refractivity contribution in [1.82, 2.24) is 0 Å². The number of ether oxygens (including phenoxy) is 1. The van der Waals surface area contributed by atoms with E-state index in [2.05, 4.69) is 32.0 Å². The van der Waals surface area contributed by atoms with E-state index >= 15 is 0 Å². The zero-order valence-electron chi connectivity index (χ0n) is 12.8. The van der Waals surface area contributed by atoms with Gasteiger partial charge >= 0.3 is 0 Å². The second-order valence-corrected chi connectivity index (χ2v) is 7.21. The predicted molar refractivity (Wildman–Crippen MR) is 82.4 cm³/mol. The van der Waals surface area contributed by atoms with Crippen LogP contribution in [-0.4, -0.2) is 25.2 Å². The van der Waals surface area contributed by atoms with Crippen LogP contribution in [0.4, 0.5) is 5.69 Å². The number of carbonyl (C=O) groups excluding carboxylic acids is 1. The lowest BCUT2D eigenvalue weighted by atomic mass is 9.89. The Balaban J connectivity index is 1.64. The Kier molecular flexibility index (Phi) is 2.90. The first-order valence-electron chi connectivity index (χ1n) is 8.15. The van der Waals surface area contributed by atoms with E-state index in [0.717, 1.165) is 25.3 Å². The molecule has 0 aromatic heterocycles. The van der Waals surface area contributed by atoms with Gasteiger partial charge in [0.2, 0.25) is 0 Å². The van der Waals surface area contributed by atoms with Gasteiger partial charge in [0.05, 0.1) is 0 Å². The first-order chi connectivity index (χ1) is 10.1. The second kappa shape index (κ2) is 4.57. The van der Waals surface area contributed by atoms with Crippen molar-refractivity contribution in [2.24, 2.45) is 11.8 Å². The molecule has 0 unspecified atom stereocenters. The highest BCUT2D eigenvalue weighted by molar-refractivity contribution is 5.99. The number of rotatable bonds is 2. The van der Waals surface area contributed by atoms with E-state index in [1.807, 2.05) is 11.0 Å². The Morgan fingerprint density at radius 1 is 1.33 bits per heavy atom. The average molecular weight is 285 g/mol. The lowest BCUT2D eigenvalue weighted by Gasteiger charge is -2.26. The highest BCUT2D eigenvalue weighted by Crippen LogP contribution is 2.56. The molecule has 4 rings (SSSR count). The van der Waals surface area contributed by atoms with Crippen LogP contribution in [0.3, 0.4) is 0 Å². The lowest BCUT2D eigenvalue weighted by molar-refractivity contribution is -0.129. The van der Waals surface area contributed by atoms with Crippen LogP contribution in [0, 0.1) is 11.8 Å². The summed E-state index contributed by atoms with van der Waals surface area (Å²) in [6.45, 7) is 5.97. The normalized spacial score (nSPS) is 29.2. The number of benzene rings is 1. The third kappa shape index (κ3) is 1.94. The van der Waals surface area contributed by atoms with E-state index in [0.29, 0.717) is 11.8 Å². The molecule has 3 nitrogen and oxygen atoms in total. The van der Waals surface area contributed by atoms with Crippen LogP contribution >= 0.6 is 0 Å². The Morgan fingerprint density at radius 2 is 2.10 bits per heavy atom. The largest absolute Gasteiger partial charge is 0.368 e. The quantitative estimate of drug-likeness (QED) is 0.835. The Labute approximate surface area is 126 Å². The molecule has 0 bridgehead atoms. The molecule has 1 saturated carbocycles. The summed E-state index contributed by atoms with van der Waals surface area (Å²) in [5, 5.41) is 0. The molecular formula is C18H23NO2. The van der Waals surface area contributed by atoms with E-state index in [9.17, 15) is 4.79 Å². The number of hydrogen-bond donors (Lipinski definition) is 0. The van der Waals surface area contributed by atoms with Gasteiger partial charge in [-0.1, -0.05) is 32.0 Å². The molecule has 21 heavy (non-hydrogen) atoms. The highest BCUT2D eigenvalue weighted by Gasteiger charge is 2.54. The van der Waals surface area contributed by atoms with Crippen LogP contribution in [0.25, 0.3) is 0 Å². The molecule has 2 atom stereocenters. The van der Waals surface area contributed by atoms with Gasteiger partial charge in [-0.05, 0) is 42.7 Å². The molecule has 1 spiro atoms. The van der Waals surface area contributed by atoms with Crippen molar-refractivity contribution in [1.29, 1.82) is 0 Å². The molecule has 1 saturated heterocycles. The van der Waals surface area contributed by atoms with E-state index < -0.39 is 0 Å². The fraction of sp³-hybridized carbons (Fsp3) is 0.611. The van der Waals surface area contributed by atoms with Crippen LogP contribution in [0.5, 0.6) is 0 Å². The van der Waals surface area contributed by atoms with Crippen molar-refractivity contribution >= 4 is 11.6 Å². The smallest absolute Gasteiger partial charge is 0.256 e. The van der Waals surface area contributed by atoms with Crippen LogP contribution in [0.15, 0.2) is 24.3 Å². The molecule has 1 aliphatic carbocycles. The zero-order chi connectivity index (χ0) is 14.6. The van der Waals surface area contributed by atoms with Gasteiger partial charge in [0.1, 0.15) is 6.10 Å². The van der Waals surface area contributed by atoms with E-state index in [1.54, 1.807) is 0 Å². The predicted octanol–water partition coefficient (Wildman–Crippen LogP) is 3.13. The monoisotopic (exact) mass is 285 g/mol. The highest BCUT2D eigenvalue weighted by atomic mass is 16.5. The van der Waals surface area contributed by atoms with E-state index in [-0.39, 0.29) is 17.4 Å². The van der Waals surface area contributed by atoms with Gasteiger partial charge in [0.25, 0.3) is 5.91 Å². The molecule has 112 valence electrons. The zero-order valence-corrected chi connectivity index (χ0v) is 12.8. The van der Waals surface area contributed by atoms with Crippen molar-refractivity contribution in [3.63, 3.8) is 0 Å². The molecule has 1 amide bonds. The Hall–Kier alpha value is -1.35. The SMILES string of the molecule is CC(C)[C@H]1CCO[C@H]1C(=O)N1CC2(CC2)c2ccccc21. The van der Waals surface area contributed by atoms with Crippen molar-refractivity contribution in [3.05, 3.63) is 29.8 Å². The van der Waals surface area contributed by atoms with Gasteiger partial charge in [-0.15, -0.1) is 0 Å². The molecule has 2 fully saturated rings. The van der Waals surface area contributed by atoms with Gasteiger partial charge in [0, 0.05) is 24.3 Å². The topological polar surface area (TPSA) is 29.5 Å². The standard InChI is InChI=1S/C18H23NO2/c1-12(2)13-7-10-21-16(13)17(20)19-11-18(8-9-18)14-5-3-4-6-15(14)19/h3-6,12-13,16H,7-11H2,1-2H3/t13-,16-/m1/s1.